The van der Waals surface area contributed by atoms with Crippen LogP contribution in [0.5, 0.6) is 0 Å². The molecule has 0 saturated heterocycles. The second-order valence-corrected chi connectivity index (χ2v) is 6.98. The third kappa shape index (κ3) is 5.08. The van der Waals surface area contributed by atoms with Crippen molar-refractivity contribution in [3.63, 3.8) is 0 Å². The monoisotopic (exact) mass is 420 g/mol. The smallest absolute Gasteiger partial charge is 0.164 e. The molecule has 5 rings (SSSR count). The number of hydrogen-bond acceptors (Lipinski definition) is 4. The maximum absolute atomic E-state index is 14.0. The number of rotatable bonds is 3. The van der Waals surface area contributed by atoms with Gasteiger partial charge in [-0.3, -0.25) is 4.98 Å². The van der Waals surface area contributed by atoms with E-state index in [0.717, 1.165) is 11.1 Å². The third-order valence-corrected chi connectivity index (χ3v) is 4.77. The van der Waals surface area contributed by atoms with Crippen molar-refractivity contribution in [2.45, 2.75) is 6.92 Å². The molecule has 32 heavy (non-hydrogen) atoms. The average molecular weight is 420 g/mol. The van der Waals surface area contributed by atoms with Crippen LogP contribution in [0.3, 0.4) is 0 Å². The van der Waals surface area contributed by atoms with Gasteiger partial charge >= 0.3 is 0 Å². The molecule has 5 heteroatoms. The molecule has 0 fully saturated rings. The third-order valence-electron chi connectivity index (χ3n) is 4.77. The van der Waals surface area contributed by atoms with Crippen LogP contribution in [0.4, 0.5) is 4.39 Å². The summed E-state index contributed by atoms with van der Waals surface area (Å²) < 4.78 is 14.0. The molecule has 156 valence electrons. The summed E-state index contributed by atoms with van der Waals surface area (Å²) in [5.41, 5.74) is 2.98. The number of benzene rings is 3. The maximum atomic E-state index is 14.0. The minimum Gasteiger partial charge on any atom is -0.265 e. The fraction of sp³-hybridized carbons (Fsp3) is 0.0370. The zero-order chi connectivity index (χ0) is 22.2. The zero-order valence-corrected chi connectivity index (χ0v) is 17.6. The predicted octanol–water partition coefficient (Wildman–Crippen LogP) is 6.40. The molecule has 0 saturated carbocycles. The number of pyridine rings is 1. The second kappa shape index (κ2) is 10.2. The first-order chi connectivity index (χ1) is 15.7. The van der Waals surface area contributed by atoms with Crippen molar-refractivity contribution >= 4 is 0 Å². The summed E-state index contributed by atoms with van der Waals surface area (Å²) in [6.45, 7) is 1.73. The highest BCUT2D eigenvalue weighted by atomic mass is 19.1. The van der Waals surface area contributed by atoms with Gasteiger partial charge in [0.1, 0.15) is 5.82 Å². The Kier molecular flexibility index (Phi) is 6.68. The molecule has 5 aromatic rings. The van der Waals surface area contributed by atoms with Gasteiger partial charge in [0.15, 0.2) is 17.5 Å². The van der Waals surface area contributed by atoms with Crippen molar-refractivity contribution in [1.29, 1.82) is 0 Å². The normalized spacial score (nSPS) is 10.2. The lowest BCUT2D eigenvalue weighted by Crippen LogP contribution is -2.01. The summed E-state index contributed by atoms with van der Waals surface area (Å²) in [6, 6.07) is 30.1. The van der Waals surface area contributed by atoms with E-state index in [2.05, 4.69) is 19.9 Å². The minimum absolute atomic E-state index is 0.273. The van der Waals surface area contributed by atoms with Crippen molar-refractivity contribution in [3.05, 3.63) is 121 Å². The summed E-state index contributed by atoms with van der Waals surface area (Å²) >= 11 is 0. The van der Waals surface area contributed by atoms with Gasteiger partial charge < -0.3 is 0 Å². The van der Waals surface area contributed by atoms with Crippen LogP contribution < -0.4 is 0 Å². The zero-order valence-electron chi connectivity index (χ0n) is 17.6. The fourth-order valence-electron chi connectivity index (χ4n) is 3.09. The minimum atomic E-state index is -0.273. The highest BCUT2D eigenvalue weighted by Crippen LogP contribution is 2.27. The Hall–Kier alpha value is -4.25. The second-order valence-electron chi connectivity index (χ2n) is 6.98. The van der Waals surface area contributed by atoms with E-state index in [1.807, 2.05) is 84.9 Å². The highest BCUT2D eigenvalue weighted by Gasteiger charge is 2.14. The molecule has 2 heterocycles. The number of aromatic nitrogens is 4. The van der Waals surface area contributed by atoms with Gasteiger partial charge in [0.25, 0.3) is 0 Å². The Morgan fingerprint density at radius 3 is 1.50 bits per heavy atom. The van der Waals surface area contributed by atoms with Gasteiger partial charge in [-0.05, 0) is 30.7 Å². The fourth-order valence-corrected chi connectivity index (χ4v) is 3.09. The van der Waals surface area contributed by atoms with Crippen molar-refractivity contribution in [3.8, 4) is 34.2 Å². The van der Waals surface area contributed by atoms with Crippen LogP contribution >= 0.6 is 0 Å². The van der Waals surface area contributed by atoms with Crippen LogP contribution in [-0.4, -0.2) is 19.9 Å². The molecule has 4 nitrogen and oxygen atoms in total. The van der Waals surface area contributed by atoms with Crippen molar-refractivity contribution < 1.29 is 4.39 Å². The van der Waals surface area contributed by atoms with Gasteiger partial charge in [0.05, 0.1) is 0 Å². The molecule has 0 spiro atoms. The lowest BCUT2D eigenvalue weighted by molar-refractivity contribution is 0.619. The number of nitrogens with zero attached hydrogens (tertiary/aromatic N) is 4. The van der Waals surface area contributed by atoms with E-state index in [1.54, 1.807) is 25.4 Å². The molecule has 3 aromatic carbocycles. The highest BCUT2D eigenvalue weighted by molar-refractivity contribution is 5.67. The molecule has 0 bridgehead atoms. The molecule has 0 unspecified atom stereocenters. The van der Waals surface area contributed by atoms with Crippen LogP contribution in [0, 0.1) is 12.7 Å². The Morgan fingerprint density at radius 2 is 1.03 bits per heavy atom. The first kappa shape index (κ1) is 21.0. The van der Waals surface area contributed by atoms with Crippen molar-refractivity contribution in [2.75, 3.05) is 0 Å². The Balaban J connectivity index is 0.000000354. The van der Waals surface area contributed by atoms with E-state index in [0.29, 0.717) is 28.6 Å². The molecule has 0 aliphatic heterocycles. The van der Waals surface area contributed by atoms with Crippen LogP contribution in [0.1, 0.15) is 5.56 Å². The standard InChI is InChI=1S/C22H16FN3.C5H5N/c1-15-18(13-8-14-19(15)23)22-25-20(16-9-4-2-5-10-16)24-21(26-22)17-11-6-3-7-12-17;1-2-4-6-5-3-1/h2-14H,1H3;1-5H. The largest absolute Gasteiger partial charge is 0.265 e. The van der Waals surface area contributed by atoms with E-state index in [4.69, 9.17) is 0 Å². The summed E-state index contributed by atoms with van der Waals surface area (Å²) in [5, 5.41) is 0. The molecule has 0 aliphatic rings. The molecule has 0 aliphatic carbocycles. The molecule has 2 aromatic heterocycles. The van der Waals surface area contributed by atoms with Crippen LogP contribution in [-0.2, 0) is 0 Å². The lowest BCUT2D eigenvalue weighted by Gasteiger charge is -2.10. The first-order valence-electron chi connectivity index (χ1n) is 10.2. The van der Waals surface area contributed by atoms with E-state index in [9.17, 15) is 4.39 Å². The molecule has 0 amide bonds. The van der Waals surface area contributed by atoms with E-state index in [-0.39, 0.29) is 5.82 Å². The Bertz CT molecular complexity index is 1190. The van der Waals surface area contributed by atoms with Crippen LogP contribution in [0.25, 0.3) is 34.2 Å². The summed E-state index contributed by atoms with van der Waals surface area (Å²) in [6.07, 6.45) is 3.50. The summed E-state index contributed by atoms with van der Waals surface area (Å²) in [4.78, 5) is 17.6. The Morgan fingerprint density at radius 1 is 0.531 bits per heavy atom. The quantitative estimate of drug-likeness (QED) is 0.339. The van der Waals surface area contributed by atoms with Gasteiger partial charge in [0.2, 0.25) is 0 Å². The molecule has 0 radical (unpaired) electrons. The van der Waals surface area contributed by atoms with Crippen LogP contribution in [0.15, 0.2) is 109 Å². The van der Waals surface area contributed by atoms with Gasteiger partial charge in [-0.2, -0.15) is 0 Å². The predicted molar refractivity (Wildman–Crippen MR) is 125 cm³/mol. The van der Waals surface area contributed by atoms with Crippen molar-refractivity contribution in [2.24, 2.45) is 0 Å². The average Bonchev–Trinajstić information content (AvgIpc) is 2.88. The number of halogens is 1. The lowest BCUT2D eigenvalue weighted by atomic mass is 10.1. The topological polar surface area (TPSA) is 51.6 Å². The van der Waals surface area contributed by atoms with E-state index >= 15 is 0 Å². The molecular formula is C27H21FN4. The van der Waals surface area contributed by atoms with Crippen molar-refractivity contribution in [1.82, 2.24) is 19.9 Å². The first-order valence-corrected chi connectivity index (χ1v) is 10.2. The Labute approximate surface area is 186 Å². The van der Waals surface area contributed by atoms with Gasteiger partial charge in [-0.1, -0.05) is 78.9 Å². The molecular weight excluding hydrogens is 399 g/mol. The molecule has 0 atom stereocenters. The maximum Gasteiger partial charge on any atom is 0.164 e. The number of hydrogen-bond donors (Lipinski definition) is 0. The van der Waals surface area contributed by atoms with Crippen LogP contribution in [0.2, 0.25) is 0 Å². The summed E-state index contributed by atoms with van der Waals surface area (Å²) in [7, 11) is 0. The SMILES string of the molecule is Cc1c(F)cccc1-c1nc(-c2ccccc2)nc(-c2ccccc2)n1.c1ccncc1. The van der Waals surface area contributed by atoms with Gasteiger partial charge in [-0.25, -0.2) is 19.3 Å². The van der Waals surface area contributed by atoms with Gasteiger partial charge in [-0.15, -0.1) is 0 Å². The molecule has 0 N–H and O–H groups in total. The summed E-state index contributed by atoms with van der Waals surface area (Å²) in [5.74, 6) is 1.33. The van der Waals surface area contributed by atoms with Gasteiger partial charge in [0, 0.05) is 29.1 Å². The van der Waals surface area contributed by atoms with E-state index < -0.39 is 0 Å². The van der Waals surface area contributed by atoms with E-state index in [1.165, 1.54) is 6.07 Å².